The first-order valence-corrected chi connectivity index (χ1v) is 7.62. The topological polar surface area (TPSA) is 45.5 Å². The van der Waals surface area contributed by atoms with Crippen molar-refractivity contribution in [2.24, 2.45) is 0 Å². The number of carbonyl (C=O) groups is 1. The molecule has 1 amide bonds. The van der Waals surface area contributed by atoms with Crippen molar-refractivity contribution in [2.75, 3.05) is 13.6 Å². The molecule has 2 aromatic rings. The molecular weight excluding hydrogens is 264 g/mol. The van der Waals surface area contributed by atoms with E-state index in [1.165, 1.54) is 12.8 Å². The average Bonchev–Trinajstić information content (AvgIpc) is 3.21. The van der Waals surface area contributed by atoms with Gasteiger partial charge in [-0.2, -0.15) is 0 Å². The third-order valence-electron chi connectivity index (χ3n) is 4.18. The van der Waals surface area contributed by atoms with Crippen LogP contribution in [-0.4, -0.2) is 30.4 Å². The fourth-order valence-corrected chi connectivity index (χ4v) is 2.46. The maximum absolute atomic E-state index is 12.2. The van der Waals surface area contributed by atoms with Crippen LogP contribution < -0.4 is 5.32 Å². The van der Waals surface area contributed by atoms with Gasteiger partial charge in [-0.1, -0.05) is 18.2 Å². The van der Waals surface area contributed by atoms with Gasteiger partial charge in [0.15, 0.2) is 0 Å². The zero-order valence-electron chi connectivity index (χ0n) is 12.6. The molecular formula is C17H22N2O2. The van der Waals surface area contributed by atoms with Crippen molar-refractivity contribution in [1.29, 1.82) is 0 Å². The SMILES string of the molecule is CC(c1cc2ccccc2o1)N(C)C(=O)CCNC1CC1. The van der Waals surface area contributed by atoms with Gasteiger partial charge in [0.25, 0.3) is 0 Å². The summed E-state index contributed by atoms with van der Waals surface area (Å²) >= 11 is 0. The molecule has 0 aliphatic heterocycles. The van der Waals surface area contributed by atoms with Crippen LogP contribution in [0.2, 0.25) is 0 Å². The number of rotatable bonds is 6. The Morgan fingerprint density at radius 1 is 1.43 bits per heavy atom. The summed E-state index contributed by atoms with van der Waals surface area (Å²) in [6.07, 6.45) is 3.04. The normalized spacial score (nSPS) is 16.1. The molecule has 0 bridgehead atoms. The summed E-state index contributed by atoms with van der Waals surface area (Å²) in [5, 5.41) is 4.45. The Hall–Kier alpha value is -1.81. The molecule has 1 aromatic heterocycles. The van der Waals surface area contributed by atoms with Gasteiger partial charge in [0, 0.05) is 31.4 Å². The molecule has 21 heavy (non-hydrogen) atoms. The van der Waals surface area contributed by atoms with E-state index >= 15 is 0 Å². The van der Waals surface area contributed by atoms with Crippen molar-refractivity contribution in [3.63, 3.8) is 0 Å². The Bertz CT molecular complexity index is 598. The number of fused-ring (bicyclic) bond motifs is 1. The number of benzene rings is 1. The Kier molecular flexibility index (Phi) is 3.97. The standard InChI is InChI=1S/C17H22N2O2/c1-12(16-11-13-5-3-4-6-15(13)21-16)19(2)17(20)9-10-18-14-7-8-14/h3-6,11-12,14,18H,7-10H2,1-2H3. The van der Waals surface area contributed by atoms with Crippen LogP contribution in [0.25, 0.3) is 11.0 Å². The molecule has 4 nitrogen and oxygen atoms in total. The monoisotopic (exact) mass is 286 g/mol. The highest BCUT2D eigenvalue weighted by atomic mass is 16.3. The summed E-state index contributed by atoms with van der Waals surface area (Å²) < 4.78 is 5.84. The number of para-hydroxylation sites is 1. The van der Waals surface area contributed by atoms with E-state index in [0.29, 0.717) is 12.5 Å². The van der Waals surface area contributed by atoms with Gasteiger partial charge >= 0.3 is 0 Å². The van der Waals surface area contributed by atoms with E-state index in [1.807, 2.05) is 44.3 Å². The van der Waals surface area contributed by atoms with Crippen molar-refractivity contribution >= 4 is 16.9 Å². The second kappa shape index (κ2) is 5.90. The lowest BCUT2D eigenvalue weighted by molar-refractivity contribution is -0.132. The molecule has 1 saturated carbocycles. The maximum Gasteiger partial charge on any atom is 0.224 e. The summed E-state index contributed by atoms with van der Waals surface area (Å²) in [6, 6.07) is 10.5. The first-order valence-electron chi connectivity index (χ1n) is 7.62. The Balaban J connectivity index is 1.62. The van der Waals surface area contributed by atoms with Gasteiger partial charge < -0.3 is 14.6 Å². The van der Waals surface area contributed by atoms with Crippen LogP contribution in [0.15, 0.2) is 34.7 Å². The molecule has 4 heteroatoms. The van der Waals surface area contributed by atoms with E-state index < -0.39 is 0 Å². The minimum absolute atomic E-state index is 0.0502. The van der Waals surface area contributed by atoms with E-state index in [9.17, 15) is 4.79 Å². The fourth-order valence-electron chi connectivity index (χ4n) is 2.46. The molecule has 1 aromatic carbocycles. The van der Waals surface area contributed by atoms with Crippen LogP contribution in [0, 0.1) is 0 Å². The summed E-state index contributed by atoms with van der Waals surface area (Å²) in [6.45, 7) is 2.77. The third kappa shape index (κ3) is 3.27. The molecule has 1 unspecified atom stereocenters. The zero-order chi connectivity index (χ0) is 14.8. The minimum Gasteiger partial charge on any atom is -0.459 e. The predicted molar refractivity (Wildman–Crippen MR) is 83.0 cm³/mol. The van der Waals surface area contributed by atoms with Crippen LogP contribution in [0.5, 0.6) is 0 Å². The molecule has 1 heterocycles. The molecule has 0 radical (unpaired) electrons. The molecule has 112 valence electrons. The third-order valence-corrected chi connectivity index (χ3v) is 4.18. The van der Waals surface area contributed by atoms with Crippen molar-refractivity contribution in [3.05, 3.63) is 36.1 Å². The smallest absolute Gasteiger partial charge is 0.224 e. The summed E-state index contributed by atoms with van der Waals surface area (Å²) in [5.41, 5.74) is 0.871. The summed E-state index contributed by atoms with van der Waals surface area (Å²) in [4.78, 5) is 14.0. The second-order valence-electron chi connectivity index (χ2n) is 5.85. The summed E-state index contributed by atoms with van der Waals surface area (Å²) in [5.74, 6) is 0.985. The number of carbonyl (C=O) groups excluding carboxylic acids is 1. The molecule has 1 aliphatic rings. The maximum atomic E-state index is 12.2. The number of furan rings is 1. The van der Waals surface area contributed by atoms with Crippen LogP contribution in [0.3, 0.4) is 0 Å². The average molecular weight is 286 g/mol. The van der Waals surface area contributed by atoms with Gasteiger partial charge in [-0.15, -0.1) is 0 Å². The lowest BCUT2D eigenvalue weighted by atomic mass is 10.2. The van der Waals surface area contributed by atoms with Crippen molar-refractivity contribution in [2.45, 2.75) is 38.3 Å². The van der Waals surface area contributed by atoms with Gasteiger partial charge in [0.1, 0.15) is 11.3 Å². The molecule has 1 aliphatic carbocycles. The number of hydrogen-bond acceptors (Lipinski definition) is 3. The van der Waals surface area contributed by atoms with Crippen LogP contribution >= 0.6 is 0 Å². The number of nitrogens with one attached hydrogen (secondary N) is 1. The van der Waals surface area contributed by atoms with E-state index in [1.54, 1.807) is 4.90 Å². The quantitative estimate of drug-likeness (QED) is 0.887. The van der Waals surface area contributed by atoms with Gasteiger partial charge in [-0.3, -0.25) is 4.79 Å². The van der Waals surface area contributed by atoms with Crippen LogP contribution in [0.4, 0.5) is 0 Å². The van der Waals surface area contributed by atoms with Crippen molar-refractivity contribution in [3.8, 4) is 0 Å². The number of nitrogens with zero attached hydrogens (tertiary/aromatic N) is 1. The van der Waals surface area contributed by atoms with Gasteiger partial charge in [-0.25, -0.2) is 0 Å². The predicted octanol–water partition coefficient (Wildman–Crippen LogP) is 3.09. The van der Waals surface area contributed by atoms with Crippen LogP contribution in [0.1, 0.15) is 38.0 Å². The fraction of sp³-hybridized carbons (Fsp3) is 0.471. The second-order valence-corrected chi connectivity index (χ2v) is 5.85. The van der Waals surface area contributed by atoms with E-state index in [0.717, 1.165) is 23.3 Å². The van der Waals surface area contributed by atoms with Gasteiger partial charge in [0.05, 0.1) is 6.04 Å². The Morgan fingerprint density at radius 2 is 2.19 bits per heavy atom. The number of hydrogen-bond donors (Lipinski definition) is 1. The molecule has 1 atom stereocenters. The minimum atomic E-state index is -0.0502. The highest BCUT2D eigenvalue weighted by molar-refractivity contribution is 5.79. The van der Waals surface area contributed by atoms with Gasteiger partial charge in [-0.05, 0) is 31.9 Å². The summed E-state index contributed by atoms with van der Waals surface area (Å²) in [7, 11) is 1.84. The van der Waals surface area contributed by atoms with Crippen molar-refractivity contribution in [1.82, 2.24) is 10.2 Å². The molecule has 3 rings (SSSR count). The first kappa shape index (κ1) is 14.1. The van der Waals surface area contributed by atoms with Crippen molar-refractivity contribution < 1.29 is 9.21 Å². The number of amides is 1. The largest absolute Gasteiger partial charge is 0.459 e. The molecule has 1 fully saturated rings. The highest BCUT2D eigenvalue weighted by Gasteiger charge is 2.23. The molecule has 0 saturated heterocycles. The highest BCUT2D eigenvalue weighted by Crippen LogP contribution is 2.27. The molecule has 0 spiro atoms. The van der Waals surface area contributed by atoms with E-state index in [4.69, 9.17) is 4.42 Å². The van der Waals surface area contributed by atoms with Crippen LogP contribution in [-0.2, 0) is 4.79 Å². The lowest BCUT2D eigenvalue weighted by Gasteiger charge is -2.23. The lowest BCUT2D eigenvalue weighted by Crippen LogP contribution is -2.32. The van der Waals surface area contributed by atoms with Gasteiger partial charge in [0.2, 0.25) is 5.91 Å². The molecule has 1 N–H and O–H groups in total. The van der Waals surface area contributed by atoms with E-state index in [-0.39, 0.29) is 11.9 Å². The Labute approximate surface area is 125 Å². The zero-order valence-corrected chi connectivity index (χ0v) is 12.6. The van der Waals surface area contributed by atoms with E-state index in [2.05, 4.69) is 5.32 Å². The Morgan fingerprint density at radius 3 is 2.90 bits per heavy atom. The first-order chi connectivity index (χ1) is 10.1.